The number of hydrogen-bond acceptors (Lipinski definition) is 3. The lowest BCUT2D eigenvalue weighted by atomic mass is 10.0. The highest BCUT2D eigenvalue weighted by Crippen LogP contribution is 2.28. The molecule has 0 saturated carbocycles. The molecule has 2 rings (SSSR count). The van der Waals surface area contributed by atoms with Gasteiger partial charge in [-0.25, -0.2) is 0 Å². The van der Waals surface area contributed by atoms with Crippen LogP contribution in [0.25, 0.3) is 11.3 Å². The molecule has 0 aliphatic carbocycles. The first kappa shape index (κ1) is 9.93. The van der Waals surface area contributed by atoms with E-state index in [4.69, 9.17) is 4.52 Å². The summed E-state index contributed by atoms with van der Waals surface area (Å²) in [5.41, 5.74) is 2.45. The second-order valence-corrected chi connectivity index (χ2v) is 3.41. The molecule has 0 aliphatic rings. The fourth-order valence-corrected chi connectivity index (χ4v) is 1.52. The molecule has 1 N–H and O–H groups in total. The van der Waals surface area contributed by atoms with E-state index in [1.165, 1.54) is 6.26 Å². The van der Waals surface area contributed by atoms with Crippen LogP contribution < -0.4 is 0 Å². The summed E-state index contributed by atoms with van der Waals surface area (Å²) in [6.07, 6.45) is 1.66. The third kappa shape index (κ3) is 1.92. The molecule has 0 amide bonds. The highest BCUT2D eigenvalue weighted by atomic mass is 16.5. The molecule has 1 aromatic heterocycles. The van der Waals surface area contributed by atoms with E-state index in [0.29, 0.717) is 6.42 Å². The van der Waals surface area contributed by atoms with Crippen LogP contribution in [-0.2, 0) is 0 Å². The van der Waals surface area contributed by atoms with Crippen LogP contribution in [0.15, 0.2) is 41.1 Å². The fraction of sp³-hybridized carbons (Fsp3) is 0.250. The van der Waals surface area contributed by atoms with Crippen molar-refractivity contribution in [1.29, 1.82) is 0 Å². The van der Waals surface area contributed by atoms with Gasteiger partial charge in [0.1, 0.15) is 12.0 Å². The second-order valence-electron chi connectivity index (χ2n) is 3.41. The predicted octanol–water partition coefficient (Wildman–Crippen LogP) is 2.79. The molecule has 0 saturated heterocycles. The van der Waals surface area contributed by atoms with Gasteiger partial charge in [-0.15, -0.1) is 0 Å². The van der Waals surface area contributed by atoms with Crippen LogP contribution in [0.5, 0.6) is 0 Å². The highest BCUT2D eigenvalue weighted by Gasteiger charge is 2.15. The maximum atomic E-state index is 9.76. The summed E-state index contributed by atoms with van der Waals surface area (Å²) in [6, 6.07) is 9.71. The zero-order chi connectivity index (χ0) is 10.7. The summed E-state index contributed by atoms with van der Waals surface area (Å²) in [5.74, 6) is 0. The lowest BCUT2D eigenvalue weighted by molar-refractivity contribution is 0.173. The Labute approximate surface area is 88.3 Å². The molecule has 78 valence electrons. The molecule has 0 fully saturated rings. The molecular weight excluding hydrogens is 190 g/mol. The van der Waals surface area contributed by atoms with Gasteiger partial charge in [0.25, 0.3) is 0 Å². The van der Waals surface area contributed by atoms with E-state index in [1.54, 1.807) is 0 Å². The molecule has 3 heteroatoms. The van der Waals surface area contributed by atoms with Crippen LogP contribution in [0.3, 0.4) is 0 Å². The van der Waals surface area contributed by atoms with Crippen LogP contribution >= 0.6 is 0 Å². The van der Waals surface area contributed by atoms with Gasteiger partial charge in [-0.2, -0.15) is 0 Å². The molecule has 0 radical (unpaired) electrons. The van der Waals surface area contributed by atoms with E-state index < -0.39 is 6.10 Å². The Morgan fingerprint density at radius 2 is 2.07 bits per heavy atom. The van der Waals surface area contributed by atoms with E-state index in [2.05, 4.69) is 5.16 Å². The molecule has 1 unspecified atom stereocenters. The molecule has 1 heterocycles. The Morgan fingerprint density at radius 1 is 1.33 bits per heavy atom. The van der Waals surface area contributed by atoms with Crippen molar-refractivity contribution in [3.05, 3.63) is 42.2 Å². The van der Waals surface area contributed by atoms with Crippen molar-refractivity contribution in [2.75, 3.05) is 0 Å². The Kier molecular flexibility index (Phi) is 2.83. The third-order valence-corrected chi connectivity index (χ3v) is 2.39. The van der Waals surface area contributed by atoms with Crippen molar-refractivity contribution in [3.63, 3.8) is 0 Å². The maximum absolute atomic E-state index is 9.76. The SMILES string of the molecule is CCC(O)c1conc1-c1ccccc1. The highest BCUT2D eigenvalue weighted by molar-refractivity contribution is 5.62. The van der Waals surface area contributed by atoms with Gasteiger partial charge in [0.15, 0.2) is 0 Å². The van der Waals surface area contributed by atoms with Gasteiger partial charge in [0, 0.05) is 11.1 Å². The Balaban J connectivity index is 2.41. The smallest absolute Gasteiger partial charge is 0.130 e. The first-order valence-electron chi connectivity index (χ1n) is 5.00. The monoisotopic (exact) mass is 203 g/mol. The van der Waals surface area contributed by atoms with Crippen LogP contribution in [0.2, 0.25) is 0 Å². The van der Waals surface area contributed by atoms with Crippen molar-refractivity contribution in [3.8, 4) is 11.3 Å². The molecule has 0 aliphatic heterocycles. The number of benzene rings is 1. The molecular formula is C12H13NO2. The topological polar surface area (TPSA) is 46.3 Å². The van der Waals surface area contributed by atoms with Gasteiger partial charge in [-0.05, 0) is 6.42 Å². The summed E-state index contributed by atoms with van der Waals surface area (Å²) in [6.45, 7) is 1.92. The fourth-order valence-electron chi connectivity index (χ4n) is 1.52. The van der Waals surface area contributed by atoms with Gasteiger partial charge in [-0.1, -0.05) is 42.4 Å². The Bertz CT molecular complexity index is 422. The average Bonchev–Trinajstić information content (AvgIpc) is 2.78. The minimum absolute atomic E-state index is 0.508. The molecule has 2 aromatic rings. The summed E-state index contributed by atoms with van der Waals surface area (Å²) < 4.78 is 4.91. The average molecular weight is 203 g/mol. The number of rotatable bonds is 3. The molecule has 15 heavy (non-hydrogen) atoms. The first-order chi connectivity index (χ1) is 7.33. The van der Waals surface area contributed by atoms with Crippen molar-refractivity contribution in [2.24, 2.45) is 0 Å². The van der Waals surface area contributed by atoms with E-state index in [-0.39, 0.29) is 0 Å². The zero-order valence-corrected chi connectivity index (χ0v) is 8.55. The largest absolute Gasteiger partial charge is 0.388 e. The minimum Gasteiger partial charge on any atom is -0.388 e. The van der Waals surface area contributed by atoms with Crippen molar-refractivity contribution in [2.45, 2.75) is 19.4 Å². The molecule has 1 atom stereocenters. The Morgan fingerprint density at radius 3 is 2.73 bits per heavy atom. The van der Waals surface area contributed by atoms with Gasteiger partial charge in [0.05, 0.1) is 6.10 Å². The van der Waals surface area contributed by atoms with E-state index in [1.807, 2.05) is 37.3 Å². The van der Waals surface area contributed by atoms with Crippen molar-refractivity contribution >= 4 is 0 Å². The first-order valence-corrected chi connectivity index (χ1v) is 5.00. The summed E-state index contributed by atoms with van der Waals surface area (Å²) in [7, 11) is 0. The molecule has 1 aromatic carbocycles. The molecule has 3 nitrogen and oxygen atoms in total. The van der Waals surface area contributed by atoms with Crippen molar-refractivity contribution < 1.29 is 9.63 Å². The van der Waals surface area contributed by atoms with E-state index >= 15 is 0 Å². The van der Waals surface area contributed by atoms with E-state index in [9.17, 15) is 5.11 Å². The zero-order valence-electron chi connectivity index (χ0n) is 8.55. The third-order valence-electron chi connectivity index (χ3n) is 2.39. The standard InChI is InChI=1S/C12H13NO2/c1-2-11(14)10-8-15-13-12(10)9-6-4-3-5-7-9/h3-8,11,14H,2H2,1H3. The van der Waals surface area contributed by atoms with Crippen LogP contribution in [0, 0.1) is 0 Å². The number of aromatic nitrogens is 1. The van der Waals surface area contributed by atoms with E-state index in [0.717, 1.165) is 16.8 Å². The van der Waals surface area contributed by atoms with Gasteiger partial charge in [-0.3, -0.25) is 0 Å². The van der Waals surface area contributed by atoms with Gasteiger partial charge in [0.2, 0.25) is 0 Å². The predicted molar refractivity (Wildman–Crippen MR) is 57.2 cm³/mol. The quantitative estimate of drug-likeness (QED) is 0.834. The minimum atomic E-state index is -0.508. The summed E-state index contributed by atoms with van der Waals surface area (Å²) >= 11 is 0. The maximum Gasteiger partial charge on any atom is 0.130 e. The second kappa shape index (κ2) is 4.28. The van der Waals surface area contributed by atoms with Gasteiger partial charge < -0.3 is 9.63 Å². The summed E-state index contributed by atoms with van der Waals surface area (Å²) in [4.78, 5) is 0. The van der Waals surface area contributed by atoms with Crippen LogP contribution in [-0.4, -0.2) is 10.3 Å². The lowest BCUT2D eigenvalue weighted by Crippen LogP contribution is -1.95. The molecule has 0 bridgehead atoms. The summed E-state index contributed by atoms with van der Waals surface area (Å²) in [5, 5.41) is 13.7. The van der Waals surface area contributed by atoms with Crippen LogP contribution in [0.4, 0.5) is 0 Å². The van der Waals surface area contributed by atoms with Crippen LogP contribution in [0.1, 0.15) is 25.0 Å². The normalized spacial score (nSPS) is 12.7. The number of aliphatic hydroxyl groups excluding tert-OH is 1. The molecule has 0 spiro atoms. The van der Waals surface area contributed by atoms with Gasteiger partial charge >= 0.3 is 0 Å². The number of aliphatic hydroxyl groups is 1. The van der Waals surface area contributed by atoms with Crippen molar-refractivity contribution in [1.82, 2.24) is 5.16 Å². The Hall–Kier alpha value is -1.61. The number of nitrogens with zero attached hydrogens (tertiary/aromatic N) is 1. The number of hydrogen-bond donors (Lipinski definition) is 1. The lowest BCUT2D eigenvalue weighted by Gasteiger charge is -2.06.